The molecule has 0 aliphatic carbocycles. The van der Waals surface area contributed by atoms with Crippen molar-refractivity contribution in [1.82, 2.24) is 0 Å². The lowest BCUT2D eigenvalue weighted by molar-refractivity contribution is 0.466. The van der Waals surface area contributed by atoms with Gasteiger partial charge in [0.1, 0.15) is 5.75 Å². The number of aromatic hydroxyl groups is 1. The lowest BCUT2D eigenvalue weighted by atomic mass is 10.1. The van der Waals surface area contributed by atoms with Crippen molar-refractivity contribution in [1.29, 1.82) is 0 Å². The first-order valence-corrected chi connectivity index (χ1v) is 5.80. The average molecular weight is 210 g/mol. The summed E-state index contributed by atoms with van der Waals surface area (Å²) >= 11 is 1.85. The molecule has 0 saturated carbocycles. The van der Waals surface area contributed by atoms with Gasteiger partial charge in [-0.2, -0.15) is 11.8 Å². The van der Waals surface area contributed by atoms with Gasteiger partial charge in [-0.05, 0) is 12.5 Å². The molecule has 0 spiro atoms. The van der Waals surface area contributed by atoms with Crippen molar-refractivity contribution in [2.24, 2.45) is 0 Å². The van der Waals surface area contributed by atoms with Gasteiger partial charge in [0.05, 0.1) is 0 Å². The van der Waals surface area contributed by atoms with E-state index in [1.54, 1.807) is 0 Å². The molecule has 2 heteroatoms. The summed E-state index contributed by atoms with van der Waals surface area (Å²) in [6, 6.07) is 5.91. The Balaban J connectivity index is 2.73. The molecule has 0 fully saturated rings. The lowest BCUT2D eigenvalue weighted by Gasteiger charge is -2.18. The largest absolute Gasteiger partial charge is 0.507 e. The van der Waals surface area contributed by atoms with Crippen LogP contribution in [0, 0.1) is 6.92 Å². The molecule has 0 bridgehead atoms. The second-order valence-electron chi connectivity index (χ2n) is 4.48. The molecule has 1 aromatic rings. The van der Waals surface area contributed by atoms with E-state index in [1.165, 1.54) is 0 Å². The molecule has 0 aliphatic rings. The molecule has 0 radical (unpaired) electrons. The number of phenolic OH excluding ortho intramolecular Hbond substituents is 1. The molecular weight excluding hydrogens is 192 g/mol. The Hall–Kier alpha value is -0.630. The van der Waals surface area contributed by atoms with Crippen LogP contribution >= 0.6 is 11.8 Å². The van der Waals surface area contributed by atoms with Crippen LogP contribution in [-0.2, 0) is 5.75 Å². The topological polar surface area (TPSA) is 20.2 Å². The van der Waals surface area contributed by atoms with Crippen LogP contribution < -0.4 is 0 Å². The Bertz CT molecular complexity index is 313. The molecule has 1 nitrogen and oxygen atoms in total. The Morgan fingerprint density at radius 3 is 2.50 bits per heavy atom. The number of hydrogen-bond donors (Lipinski definition) is 1. The maximum absolute atomic E-state index is 9.78. The molecular formula is C12H18OS. The minimum absolute atomic E-state index is 0.246. The minimum atomic E-state index is 0.246. The number of thioether (sulfide) groups is 1. The van der Waals surface area contributed by atoms with Crippen LogP contribution in [0.3, 0.4) is 0 Å². The quantitative estimate of drug-likeness (QED) is 0.802. The number of para-hydroxylation sites is 1. The summed E-state index contributed by atoms with van der Waals surface area (Å²) in [5.41, 5.74) is 1.99. The third kappa shape index (κ3) is 3.26. The summed E-state index contributed by atoms with van der Waals surface area (Å²) in [5.74, 6) is 1.32. The van der Waals surface area contributed by atoms with Gasteiger partial charge in [-0.25, -0.2) is 0 Å². The Morgan fingerprint density at radius 1 is 1.29 bits per heavy atom. The molecule has 0 atom stereocenters. The van der Waals surface area contributed by atoms with E-state index in [4.69, 9.17) is 0 Å². The summed E-state index contributed by atoms with van der Waals surface area (Å²) in [6.45, 7) is 8.49. The molecule has 0 amide bonds. The van der Waals surface area contributed by atoms with Crippen LogP contribution in [0.25, 0.3) is 0 Å². The maximum atomic E-state index is 9.78. The number of phenols is 1. The highest BCUT2D eigenvalue weighted by Gasteiger charge is 2.12. The van der Waals surface area contributed by atoms with Crippen LogP contribution in [0.2, 0.25) is 0 Å². The van der Waals surface area contributed by atoms with E-state index in [9.17, 15) is 5.11 Å². The van der Waals surface area contributed by atoms with Crippen molar-refractivity contribution >= 4 is 11.8 Å². The molecule has 1 N–H and O–H groups in total. The number of aryl methyl sites for hydroxylation is 1. The van der Waals surface area contributed by atoms with E-state index in [0.717, 1.165) is 16.9 Å². The summed E-state index contributed by atoms with van der Waals surface area (Å²) < 4.78 is 0.246. The smallest absolute Gasteiger partial charge is 0.122 e. The molecule has 78 valence electrons. The van der Waals surface area contributed by atoms with Gasteiger partial charge in [0.15, 0.2) is 0 Å². The van der Waals surface area contributed by atoms with E-state index in [-0.39, 0.29) is 4.75 Å². The van der Waals surface area contributed by atoms with Crippen molar-refractivity contribution in [3.63, 3.8) is 0 Å². The molecule has 14 heavy (non-hydrogen) atoms. The van der Waals surface area contributed by atoms with Crippen molar-refractivity contribution < 1.29 is 5.11 Å². The maximum Gasteiger partial charge on any atom is 0.122 e. The van der Waals surface area contributed by atoms with E-state index in [1.807, 2.05) is 36.9 Å². The van der Waals surface area contributed by atoms with Crippen molar-refractivity contribution in [2.75, 3.05) is 0 Å². The molecule has 0 unspecified atom stereocenters. The molecule has 0 heterocycles. The predicted molar refractivity (Wildman–Crippen MR) is 63.9 cm³/mol. The molecule has 1 rings (SSSR count). The average Bonchev–Trinajstić information content (AvgIpc) is 2.06. The van der Waals surface area contributed by atoms with E-state index >= 15 is 0 Å². The van der Waals surface area contributed by atoms with Crippen molar-refractivity contribution in [3.8, 4) is 5.75 Å². The lowest BCUT2D eigenvalue weighted by Crippen LogP contribution is -2.07. The normalized spacial score (nSPS) is 11.7. The number of hydrogen-bond acceptors (Lipinski definition) is 2. The minimum Gasteiger partial charge on any atom is -0.507 e. The van der Waals surface area contributed by atoms with Crippen molar-refractivity contribution in [2.45, 2.75) is 38.2 Å². The third-order valence-electron chi connectivity index (χ3n) is 1.98. The van der Waals surface area contributed by atoms with Crippen LogP contribution in [0.4, 0.5) is 0 Å². The van der Waals surface area contributed by atoms with Crippen LogP contribution in [0.5, 0.6) is 5.75 Å². The van der Waals surface area contributed by atoms with E-state index in [2.05, 4.69) is 20.8 Å². The van der Waals surface area contributed by atoms with Gasteiger partial charge in [-0.15, -0.1) is 0 Å². The highest BCUT2D eigenvalue weighted by atomic mass is 32.2. The third-order valence-corrected chi connectivity index (χ3v) is 3.30. The number of benzene rings is 1. The molecule has 0 aromatic heterocycles. The monoisotopic (exact) mass is 210 g/mol. The van der Waals surface area contributed by atoms with Gasteiger partial charge in [-0.3, -0.25) is 0 Å². The van der Waals surface area contributed by atoms with Gasteiger partial charge in [0, 0.05) is 16.1 Å². The zero-order valence-corrected chi connectivity index (χ0v) is 10.1. The first-order chi connectivity index (χ1) is 6.40. The summed E-state index contributed by atoms with van der Waals surface area (Å²) in [6.07, 6.45) is 0. The second-order valence-corrected chi connectivity index (χ2v) is 6.29. The van der Waals surface area contributed by atoms with Crippen LogP contribution in [0.15, 0.2) is 18.2 Å². The predicted octanol–water partition coefficient (Wildman–Crippen LogP) is 3.73. The van der Waals surface area contributed by atoms with E-state index in [0.29, 0.717) is 5.75 Å². The SMILES string of the molecule is Cc1cccc(CSC(C)(C)C)c1O. The summed E-state index contributed by atoms with van der Waals surface area (Å²) in [4.78, 5) is 0. The zero-order chi connectivity index (χ0) is 10.8. The zero-order valence-electron chi connectivity index (χ0n) is 9.29. The molecule has 0 aliphatic heterocycles. The summed E-state index contributed by atoms with van der Waals surface area (Å²) in [5, 5.41) is 9.78. The van der Waals surface area contributed by atoms with Crippen molar-refractivity contribution in [3.05, 3.63) is 29.3 Å². The molecule has 1 aromatic carbocycles. The Labute approximate surface area is 90.5 Å². The second kappa shape index (κ2) is 4.26. The van der Waals surface area contributed by atoms with Gasteiger partial charge in [0.25, 0.3) is 0 Å². The van der Waals surface area contributed by atoms with Gasteiger partial charge < -0.3 is 5.11 Å². The highest BCUT2D eigenvalue weighted by molar-refractivity contribution is 7.99. The first kappa shape index (κ1) is 11.4. The number of rotatable bonds is 2. The van der Waals surface area contributed by atoms with Crippen LogP contribution in [-0.4, -0.2) is 9.85 Å². The van der Waals surface area contributed by atoms with Gasteiger partial charge in [0.2, 0.25) is 0 Å². The summed E-state index contributed by atoms with van der Waals surface area (Å²) in [7, 11) is 0. The first-order valence-electron chi connectivity index (χ1n) is 4.81. The van der Waals surface area contributed by atoms with E-state index < -0.39 is 0 Å². The highest BCUT2D eigenvalue weighted by Crippen LogP contribution is 2.31. The fourth-order valence-corrected chi connectivity index (χ4v) is 1.95. The molecule has 0 saturated heterocycles. The van der Waals surface area contributed by atoms with Crippen LogP contribution in [0.1, 0.15) is 31.9 Å². The fraction of sp³-hybridized carbons (Fsp3) is 0.500. The Morgan fingerprint density at radius 2 is 1.93 bits per heavy atom. The fourth-order valence-electron chi connectivity index (χ4n) is 1.13. The van der Waals surface area contributed by atoms with Gasteiger partial charge in [-0.1, -0.05) is 39.0 Å². The Kier molecular flexibility index (Phi) is 3.48. The van der Waals surface area contributed by atoms with Gasteiger partial charge >= 0.3 is 0 Å². The standard InChI is InChI=1S/C12H18OS/c1-9-6-5-7-10(11(9)13)8-14-12(2,3)4/h5-7,13H,8H2,1-4H3.